The summed E-state index contributed by atoms with van der Waals surface area (Å²) in [7, 11) is 0. The molecule has 1 saturated carbocycles. The molecule has 0 bridgehead atoms. The van der Waals surface area contributed by atoms with Gasteiger partial charge in [-0.2, -0.15) is 0 Å². The molecule has 0 aliphatic heterocycles. The summed E-state index contributed by atoms with van der Waals surface area (Å²) in [6.45, 7) is 10.5. The molecule has 0 radical (unpaired) electrons. The molecule has 1 heterocycles. The minimum absolute atomic E-state index is 0.0425. The largest absolute Gasteiger partial charge is 0.388 e. The van der Waals surface area contributed by atoms with Crippen molar-refractivity contribution < 1.29 is 14.3 Å². The van der Waals surface area contributed by atoms with Crippen LogP contribution in [0.2, 0.25) is 5.15 Å². The number of aromatic nitrogens is 2. The molecular formula is C25H35ClFN3O2. The van der Waals surface area contributed by atoms with Gasteiger partial charge in [-0.3, -0.25) is 9.36 Å². The molecular weight excluding hydrogens is 429 g/mol. The first kappa shape index (κ1) is 24.7. The Hall–Kier alpha value is -1.92. The minimum Gasteiger partial charge on any atom is -0.388 e. The fraction of sp³-hybridized carbons (Fsp3) is 0.600. The maximum Gasteiger partial charge on any atom is 0.273 e. The topological polar surface area (TPSA) is 67.2 Å². The Bertz CT molecular complexity index is 972. The third kappa shape index (κ3) is 5.70. The van der Waals surface area contributed by atoms with Crippen molar-refractivity contribution in [1.82, 2.24) is 14.9 Å². The molecule has 7 heteroatoms. The monoisotopic (exact) mass is 463 g/mol. The maximum atomic E-state index is 15.0. The Morgan fingerprint density at radius 2 is 2.00 bits per heavy atom. The van der Waals surface area contributed by atoms with Crippen molar-refractivity contribution in [3.8, 4) is 5.69 Å². The highest BCUT2D eigenvalue weighted by Gasteiger charge is 2.33. The zero-order valence-electron chi connectivity index (χ0n) is 19.8. The highest BCUT2D eigenvalue weighted by molar-refractivity contribution is 6.32. The van der Waals surface area contributed by atoms with Crippen LogP contribution in [0.5, 0.6) is 0 Å². The van der Waals surface area contributed by atoms with Gasteiger partial charge in [-0.05, 0) is 61.1 Å². The second-order valence-electron chi connectivity index (χ2n) is 10.5. The number of carbonyl (C=O) groups is 1. The molecule has 1 aliphatic rings. The molecule has 32 heavy (non-hydrogen) atoms. The van der Waals surface area contributed by atoms with E-state index >= 15 is 4.39 Å². The van der Waals surface area contributed by atoms with Crippen LogP contribution < -0.4 is 5.32 Å². The van der Waals surface area contributed by atoms with Crippen LogP contribution in [0.3, 0.4) is 0 Å². The third-order valence-electron chi connectivity index (χ3n) is 6.19. The normalized spacial score (nSPS) is 21.6. The summed E-state index contributed by atoms with van der Waals surface area (Å²) in [5.74, 6) is 0.236. The lowest BCUT2D eigenvalue weighted by atomic mass is 9.79. The summed E-state index contributed by atoms with van der Waals surface area (Å²) in [5.41, 5.74) is 0.368. The lowest BCUT2D eigenvalue weighted by molar-refractivity contribution is -0.00543. The highest BCUT2D eigenvalue weighted by atomic mass is 35.5. The zero-order chi connectivity index (χ0) is 23.7. The number of carbonyl (C=O) groups excluding carboxylic acids is 1. The first-order chi connectivity index (χ1) is 14.9. The number of aliphatic hydroxyl groups is 1. The van der Waals surface area contributed by atoms with Crippen LogP contribution in [0.25, 0.3) is 5.69 Å². The lowest BCUT2D eigenvalue weighted by Crippen LogP contribution is -2.45. The SMILES string of the molecule is CCc1nc(C(=O)NCC2(O)CCC(C)CC2)c(Cl)n1-c1ccc(CC(C)(C)C)cc1F. The summed E-state index contributed by atoms with van der Waals surface area (Å²) < 4.78 is 16.6. The Labute approximate surface area is 195 Å². The van der Waals surface area contributed by atoms with Gasteiger partial charge in [0.25, 0.3) is 5.91 Å². The van der Waals surface area contributed by atoms with Crippen molar-refractivity contribution in [3.63, 3.8) is 0 Å². The van der Waals surface area contributed by atoms with E-state index in [1.807, 2.05) is 13.0 Å². The average molecular weight is 464 g/mol. The number of imidazole rings is 1. The predicted molar refractivity (Wildman–Crippen MR) is 126 cm³/mol. The fourth-order valence-corrected chi connectivity index (χ4v) is 4.65. The van der Waals surface area contributed by atoms with E-state index in [4.69, 9.17) is 11.6 Å². The fourth-order valence-electron chi connectivity index (χ4n) is 4.33. The first-order valence-corrected chi connectivity index (χ1v) is 11.9. The van der Waals surface area contributed by atoms with Gasteiger partial charge in [-0.15, -0.1) is 0 Å². The van der Waals surface area contributed by atoms with E-state index < -0.39 is 17.3 Å². The molecule has 1 aromatic heterocycles. The molecule has 1 amide bonds. The standard InChI is InChI=1S/C25H35ClFN3O2/c1-6-20-29-21(23(31)28-15-25(32)11-9-16(2)10-12-25)22(26)30(20)19-8-7-17(13-18(19)27)14-24(3,4)5/h7-8,13,16,32H,6,9-12,14-15H2,1-5H3,(H,28,31). The molecule has 0 saturated heterocycles. The van der Waals surface area contributed by atoms with Crippen molar-refractivity contribution in [2.75, 3.05) is 6.54 Å². The van der Waals surface area contributed by atoms with Crippen molar-refractivity contribution >= 4 is 17.5 Å². The number of hydrogen-bond acceptors (Lipinski definition) is 3. The van der Waals surface area contributed by atoms with E-state index in [-0.39, 0.29) is 28.5 Å². The van der Waals surface area contributed by atoms with E-state index in [1.54, 1.807) is 6.07 Å². The second kappa shape index (κ2) is 9.52. The smallest absolute Gasteiger partial charge is 0.273 e. The molecule has 0 unspecified atom stereocenters. The maximum absolute atomic E-state index is 15.0. The minimum atomic E-state index is -0.903. The van der Waals surface area contributed by atoms with Gasteiger partial charge in [0.15, 0.2) is 5.69 Å². The first-order valence-electron chi connectivity index (χ1n) is 11.5. The van der Waals surface area contributed by atoms with E-state index in [0.717, 1.165) is 24.8 Å². The van der Waals surface area contributed by atoms with Gasteiger partial charge in [-0.25, -0.2) is 9.37 Å². The van der Waals surface area contributed by atoms with Crippen molar-refractivity contribution in [1.29, 1.82) is 0 Å². The van der Waals surface area contributed by atoms with E-state index in [1.165, 1.54) is 10.6 Å². The summed E-state index contributed by atoms with van der Waals surface area (Å²) >= 11 is 6.54. The lowest BCUT2D eigenvalue weighted by Gasteiger charge is -2.34. The quantitative estimate of drug-likeness (QED) is 0.595. The Morgan fingerprint density at radius 3 is 2.56 bits per heavy atom. The zero-order valence-corrected chi connectivity index (χ0v) is 20.5. The van der Waals surface area contributed by atoms with Crippen LogP contribution in [0.15, 0.2) is 18.2 Å². The number of hydrogen-bond donors (Lipinski definition) is 2. The van der Waals surface area contributed by atoms with Crippen LogP contribution in [0.1, 0.15) is 82.2 Å². The summed E-state index contributed by atoms with van der Waals surface area (Å²) in [4.78, 5) is 17.2. The molecule has 1 aliphatic carbocycles. The van der Waals surface area contributed by atoms with Crippen molar-refractivity contribution in [2.45, 2.75) is 78.7 Å². The number of aryl methyl sites for hydroxylation is 1. The number of benzene rings is 1. The van der Waals surface area contributed by atoms with Gasteiger partial charge >= 0.3 is 0 Å². The van der Waals surface area contributed by atoms with Crippen LogP contribution in [0.4, 0.5) is 4.39 Å². The van der Waals surface area contributed by atoms with Gasteiger partial charge in [0.1, 0.15) is 16.8 Å². The van der Waals surface area contributed by atoms with Gasteiger partial charge < -0.3 is 10.4 Å². The van der Waals surface area contributed by atoms with Gasteiger partial charge in [0.2, 0.25) is 0 Å². The van der Waals surface area contributed by atoms with Gasteiger partial charge in [-0.1, -0.05) is 52.3 Å². The molecule has 5 nitrogen and oxygen atoms in total. The van der Waals surface area contributed by atoms with Crippen molar-refractivity contribution in [2.24, 2.45) is 11.3 Å². The summed E-state index contributed by atoms with van der Waals surface area (Å²) in [6.07, 6.45) is 4.42. The van der Waals surface area contributed by atoms with E-state index in [9.17, 15) is 9.90 Å². The number of amides is 1. The van der Waals surface area contributed by atoms with Gasteiger partial charge in [0, 0.05) is 13.0 Å². The number of nitrogens with one attached hydrogen (secondary N) is 1. The van der Waals surface area contributed by atoms with Crippen LogP contribution in [-0.4, -0.2) is 32.7 Å². The van der Waals surface area contributed by atoms with Crippen molar-refractivity contribution in [3.05, 3.63) is 46.3 Å². The summed E-state index contributed by atoms with van der Waals surface area (Å²) in [6, 6.07) is 5.10. The highest BCUT2D eigenvalue weighted by Crippen LogP contribution is 2.32. The Balaban J connectivity index is 1.83. The molecule has 1 aromatic carbocycles. The molecule has 1 fully saturated rings. The number of halogens is 2. The number of rotatable bonds is 6. The van der Waals surface area contributed by atoms with E-state index in [2.05, 4.69) is 38.0 Å². The molecule has 176 valence electrons. The van der Waals surface area contributed by atoms with Gasteiger partial charge in [0.05, 0.1) is 11.3 Å². The molecule has 2 aromatic rings. The number of nitrogens with zero attached hydrogens (tertiary/aromatic N) is 2. The predicted octanol–water partition coefficient (Wildman–Crippen LogP) is 5.49. The van der Waals surface area contributed by atoms with Crippen LogP contribution in [-0.2, 0) is 12.8 Å². The average Bonchev–Trinajstić information content (AvgIpc) is 3.04. The Kier molecular flexibility index (Phi) is 7.35. The Morgan fingerprint density at radius 1 is 1.34 bits per heavy atom. The molecule has 0 spiro atoms. The van der Waals surface area contributed by atoms with E-state index in [0.29, 0.717) is 31.0 Å². The molecule has 2 N–H and O–H groups in total. The molecule has 0 atom stereocenters. The third-order valence-corrected chi connectivity index (χ3v) is 6.54. The van der Waals surface area contributed by atoms with Crippen LogP contribution in [0, 0.1) is 17.2 Å². The summed E-state index contributed by atoms with van der Waals surface area (Å²) in [5, 5.41) is 13.6. The second-order valence-corrected chi connectivity index (χ2v) is 10.8. The van der Waals surface area contributed by atoms with Crippen LogP contribution >= 0.6 is 11.6 Å². The molecule has 3 rings (SSSR count).